The van der Waals surface area contributed by atoms with Crippen LogP contribution in [-0.4, -0.2) is 33.0 Å². The first kappa shape index (κ1) is 26.6. The minimum Gasteiger partial charge on any atom is -0.506 e. The van der Waals surface area contributed by atoms with Crippen LogP contribution in [0.4, 0.5) is 0 Å². The Morgan fingerprint density at radius 2 is 2.03 bits per heavy atom. The van der Waals surface area contributed by atoms with Crippen LogP contribution in [0.3, 0.4) is 0 Å². The fraction of sp³-hybridized carbons (Fsp3) is 0.483. The van der Waals surface area contributed by atoms with Gasteiger partial charge in [0.15, 0.2) is 0 Å². The van der Waals surface area contributed by atoms with Gasteiger partial charge in [-0.1, -0.05) is 37.6 Å². The third-order valence-electron chi connectivity index (χ3n) is 7.16. The Morgan fingerprint density at radius 3 is 2.60 bits per heavy atom. The number of carbonyl (C=O) groups excluding carboxylic acids is 1. The van der Waals surface area contributed by atoms with Gasteiger partial charge in [0.25, 0.3) is 5.91 Å². The number of phenols is 1. The maximum Gasteiger partial charge on any atom is 0.253 e. The number of hydrogen-bond donors (Lipinski definition) is 4. The predicted molar refractivity (Wildman–Crippen MR) is 147 cm³/mol. The highest BCUT2D eigenvalue weighted by molar-refractivity contribution is 6.02. The number of nitrogens with one attached hydrogen (secondary N) is 2. The number of nitrogens with zero attached hydrogens (tertiary/aromatic N) is 1. The van der Waals surface area contributed by atoms with E-state index in [9.17, 15) is 9.90 Å². The molecule has 1 aliphatic heterocycles. The SMILES string of the molecule is C/C=C(\C)CCC1CCCN1.CC/C=c1\c(C(N)=O)c2[nH]c3c(O)ccc(C)c3n2c1=C(C)CC. The summed E-state index contributed by atoms with van der Waals surface area (Å²) in [6.07, 6.45) is 11.3. The number of aromatic hydroxyl groups is 1. The highest BCUT2D eigenvalue weighted by Crippen LogP contribution is 2.28. The quantitative estimate of drug-likeness (QED) is 0.384. The molecule has 6 heteroatoms. The Labute approximate surface area is 208 Å². The number of H-pyrrole nitrogens is 1. The van der Waals surface area contributed by atoms with Crippen molar-refractivity contribution >= 4 is 34.2 Å². The second-order valence-corrected chi connectivity index (χ2v) is 9.65. The summed E-state index contributed by atoms with van der Waals surface area (Å²) in [5.41, 5.74) is 12.0. The third kappa shape index (κ3) is 5.48. The van der Waals surface area contributed by atoms with E-state index in [4.69, 9.17) is 5.73 Å². The second-order valence-electron chi connectivity index (χ2n) is 9.65. The van der Waals surface area contributed by atoms with Crippen molar-refractivity contribution in [1.29, 1.82) is 0 Å². The molecule has 3 heterocycles. The van der Waals surface area contributed by atoms with Crippen LogP contribution in [0.1, 0.15) is 89.1 Å². The van der Waals surface area contributed by atoms with Gasteiger partial charge in [0, 0.05) is 11.3 Å². The van der Waals surface area contributed by atoms with Gasteiger partial charge >= 0.3 is 0 Å². The molecule has 4 rings (SSSR count). The Balaban J connectivity index is 0.000000261. The molecule has 190 valence electrons. The van der Waals surface area contributed by atoms with Gasteiger partial charge in [-0.05, 0) is 90.0 Å². The molecule has 35 heavy (non-hydrogen) atoms. The van der Waals surface area contributed by atoms with Crippen LogP contribution < -0.4 is 21.6 Å². The minimum atomic E-state index is -0.467. The normalized spacial score (nSPS) is 17.7. The first-order valence-electron chi connectivity index (χ1n) is 12.9. The van der Waals surface area contributed by atoms with Gasteiger partial charge in [-0.25, -0.2) is 0 Å². The molecule has 1 amide bonds. The lowest BCUT2D eigenvalue weighted by Gasteiger charge is -2.08. The van der Waals surface area contributed by atoms with E-state index < -0.39 is 5.91 Å². The average molecular weight is 479 g/mol. The number of hydrogen-bond acceptors (Lipinski definition) is 3. The summed E-state index contributed by atoms with van der Waals surface area (Å²) >= 11 is 0. The highest BCUT2D eigenvalue weighted by atomic mass is 16.3. The van der Waals surface area contributed by atoms with Crippen molar-refractivity contribution in [2.24, 2.45) is 5.73 Å². The number of benzene rings is 1. The van der Waals surface area contributed by atoms with Gasteiger partial charge in [0.05, 0.1) is 16.4 Å². The van der Waals surface area contributed by atoms with Gasteiger partial charge in [0.1, 0.15) is 16.9 Å². The molecule has 1 saturated heterocycles. The van der Waals surface area contributed by atoms with E-state index in [1.807, 2.05) is 30.4 Å². The van der Waals surface area contributed by atoms with E-state index in [0.29, 0.717) is 16.7 Å². The summed E-state index contributed by atoms with van der Waals surface area (Å²) in [6.45, 7) is 13.8. The molecule has 1 aromatic carbocycles. The number of carbonyl (C=O) groups is 1. The molecule has 0 bridgehead atoms. The van der Waals surface area contributed by atoms with Crippen molar-refractivity contribution < 1.29 is 9.90 Å². The minimum absolute atomic E-state index is 0.163. The zero-order valence-electron chi connectivity index (χ0n) is 22.2. The topological polar surface area (TPSA) is 95.5 Å². The Bertz CT molecular complexity index is 1350. The number of amides is 1. The average Bonchev–Trinajstić information content (AvgIpc) is 3.55. The number of phenolic OH excluding ortho intramolecular Hbond substituents is 1. The van der Waals surface area contributed by atoms with Crippen molar-refractivity contribution in [2.75, 3.05) is 6.54 Å². The summed E-state index contributed by atoms with van der Waals surface area (Å²) in [7, 11) is 0. The largest absolute Gasteiger partial charge is 0.506 e. The van der Waals surface area contributed by atoms with Crippen LogP contribution >= 0.6 is 0 Å². The number of imidazole rings is 1. The molecule has 2 aromatic heterocycles. The molecule has 1 unspecified atom stereocenters. The molecular weight excluding hydrogens is 436 g/mol. The maximum atomic E-state index is 12.2. The van der Waals surface area contributed by atoms with Crippen molar-refractivity contribution in [3.63, 3.8) is 0 Å². The maximum absolute atomic E-state index is 12.2. The molecule has 1 fully saturated rings. The fourth-order valence-corrected chi connectivity index (χ4v) is 4.94. The molecule has 1 atom stereocenters. The van der Waals surface area contributed by atoms with Crippen molar-refractivity contribution in [3.8, 4) is 5.75 Å². The molecule has 6 nitrogen and oxygen atoms in total. The lowest BCUT2D eigenvalue weighted by Crippen LogP contribution is -2.32. The van der Waals surface area contributed by atoms with Gasteiger partial charge in [-0.15, -0.1) is 0 Å². The van der Waals surface area contributed by atoms with Crippen LogP contribution in [0.2, 0.25) is 0 Å². The van der Waals surface area contributed by atoms with Gasteiger partial charge in [0.2, 0.25) is 0 Å². The molecule has 1 aliphatic rings. The van der Waals surface area contributed by atoms with Crippen LogP contribution in [-0.2, 0) is 0 Å². The zero-order valence-corrected chi connectivity index (χ0v) is 22.2. The number of aryl methyl sites for hydroxylation is 1. The first-order valence-corrected chi connectivity index (χ1v) is 12.9. The van der Waals surface area contributed by atoms with Crippen molar-refractivity contribution in [1.82, 2.24) is 14.7 Å². The van der Waals surface area contributed by atoms with E-state index in [1.54, 1.807) is 6.07 Å². The summed E-state index contributed by atoms with van der Waals surface area (Å²) in [5, 5.41) is 15.6. The van der Waals surface area contributed by atoms with E-state index in [1.165, 1.54) is 43.4 Å². The van der Waals surface area contributed by atoms with E-state index in [2.05, 4.69) is 44.1 Å². The zero-order chi connectivity index (χ0) is 25.7. The number of nitrogens with two attached hydrogens (primary N) is 1. The van der Waals surface area contributed by atoms with Gasteiger partial charge < -0.3 is 21.1 Å². The van der Waals surface area contributed by atoms with Gasteiger partial charge in [-0.3, -0.25) is 9.20 Å². The van der Waals surface area contributed by atoms with Gasteiger partial charge in [-0.2, -0.15) is 0 Å². The predicted octanol–water partition coefficient (Wildman–Crippen LogP) is 4.79. The monoisotopic (exact) mass is 478 g/mol. The summed E-state index contributed by atoms with van der Waals surface area (Å²) in [5.74, 6) is -0.304. The standard InChI is InChI=1S/C19H23N3O2.C10H19N/c1-5-7-12-14(18(20)24)19-21-15-13(23)9-8-11(4)17(15)22(19)16(12)10(3)6-2;1-3-9(2)6-7-10-5-4-8-11-10/h7-9,21,23H,5-6H2,1-4H3,(H2,20,24);3,10-11H,4-8H2,1-2H3/b12-7+,16-10?;9-3+. The summed E-state index contributed by atoms with van der Waals surface area (Å²) in [6, 6.07) is 4.35. The van der Waals surface area contributed by atoms with E-state index in [-0.39, 0.29) is 5.75 Å². The van der Waals surface area contributed by atoms with Crippen LogP contribution in [0.15, 0.2) is 23.8 Å². The van der Waals surface area contributed by atoms with Crippen LogP contribution in [0.5, 0.6) is 5.75 Å². The number of aromatic amines is 1. The highest BCUT2D eigenvalue weighted by Gasteiger charge is 2.20. The third-order valence-corrected chi connectivity index (χ3v) is 7.16. The van der Waals surface area contributed by atoms with E-state index in [0.717, 1.165) is 40.5 Å². The Hall–Kier alpha value is -2.99. The summed E-state index contributed by atoms with van der Waals surface area (Å²) < 4.78 is 2.03. The smallest absolute Gasteiger partial charge is 0.253 e. The molecule has 0 radical (unpaired) electrons. The number of fused-ring (bicyclic) bond motifs is 3. The number of rotatable bonds is 6. The number of aromatic nitrogens is 2. The molecule has 5 N–H and O–H groups in total. The molecular formula is C29H42N4O2. The second kappa shape index (κ2) is 11.6. The Morgan fingerprint density at radius 1 is 1.29 bits per heavy atom. The fourth-order valence-electron chi connectivity index (χ4n) is 4.94. The lowest BCUT2D eigenvalue weighted by molar-refractivity contribution is 0.100. The van der Waals surface area contributed by atoms with Crippen LogP contribution in [0.25, 0.3) is 28.3 Å². The van der Waals surface area contributed by atoms with Crippen molar-refractivity contribution in [3.05, 3.63) is 45.5 Å². The lowest BCUT2D eigenvalue weighted by atomic mass is 10.1. The van der Waals surface area contributed by atoms with Crippen LogP contribution in [0, 0.1) is 6.92 Å². The summed E-state index contributed by atoms with van der Waals surface area (Å²) in [4.78, 5) is 15.4. The van der Waals surface area contributed by atoms with E-state index >= 15 is 0 Å². The number of primary amides is 1. The van der Waals surface area contributed by atoms with Crippen molar-refractivity contribution in [2.45, 2.75) is 86.1 Å². The molecule has 3 aromatic rings. The molecule has 0 saturated carbocycles. The molecule has 0 aliphatic carbocycles. The number of allylic oxidation sites excluding steroid dienone is 2. The Kier molecular flexibility index (Phi) is 8.84. The molecule has 0 spiro atoms. The first-order chi connectivity index (χ1) is 16.7.